The van der Waals surface area contributed by atoms with E-state index in [1.807, 2.05) is 60.7 Å². The van der Waals surface area contributed by atoms with Crippen LogP contribution in [-0.4, -0.2) is 116 Å². The number of carbonyl (C=O) groups excluding carboxylic acids is 5. The van der Waals surface area contributed by atoms with Gasteiger partial charge in [0.2, 0.25) is 29.5 Å². The Balaban J connectivity index is 1.13. The van der Waals surface area contributed by atoms with Gasteiger partial charge in [0.15, 0.2) is 5.96 Å². The molecule has 1 aliphatic heterocycles. The molecule has 13 N–H and O–H groups in total. The van der Waals surface area contributed by atoms with Gasteiger partial charge in [-0.05, 0) is 111 Å². The molecule has 0 bridgehead atoms. The van der Waals surface area contributed by atoms with Crippen molar-refractivity contribution >= 4 is 57.8 Å². The molecule has 19 heteroatoms. The number of fused-ring (bicyclic) bond motifs is 1. The second-order valence-corrected chi connectivity index (χ2v) is 18.9. The highest BCUT2D eigenvalue weighted by molar-refractivity contribution is 5.99. The van der Waals surface area contributed by atoms with E-state index in [1.165, 1.54) is 0 Å². The van der Waals surface area contributed by atoms with E-state index in [1.54, 1.807) is 50.6 Å². The number of amides is 5. The molecular weight excluding hydrogens is 931 g/mol. The Morgan fingerprint density at radius 1 is 0.836 bits per heavy atom. The molecule has 7 rings (SSSR count). The lowest BCUT2D eigenvalue weighted by molar-refractivity contribution is -0.135. The number of H-pyrrole nitrogens is 1. The molecule has 4 aromatic carbocycles. The molecule has 1 aliphatic carbocycles. The van der Waals surface area contributed by atoms with Gasteiger partial charge in [0.05, 0.1) is 20.3 Å². The molecule has 73 heavy (non-hydrogen) atoms. The molecule has 6 unspecified atom stereocenters. The maximum atomic E-state index is 14.8. The van der Waals surface area contributed by atoms with Crippen molar-refractivity contribution < 1.29 is 38.6 Å². The van der Waals surface area contributed by atoms with E-state index in [0.717, 1.165) is 48.3 Å². The quantitative estimate of drug-likeness (QED) is 0.0267. The largest absolute Gasteiger partial charge is 0.508 e. The Kier molecular flexibility index (Phi) is 18.7. The first-order chi connectivity index (χ1) is 35.2. The molecule has 0 radical (unpaired) electrons. The molecule has 1 aromatic heterocycles. The lowest BCUT2D eigenvalue weighted by Gasteiger charge is -2.29. The summed E-state index contributed by atoms with van der Waals surface area (Å²) in [5, 5.41) is 35.8. The van der Waals surface area contributed by atoms with E-state index in [9.17, 15) is 29.1 Å². The number of benzene rings is 4. The third kappa shape index (κ3) is 15.0. The molecule has 1 saturated heterocycles. The van der Waals surface area contributed by atoms with E-state index in [-0.39, 0.29) is 42.9 Å². The van der Waals surface area contributed by atoms with Crippen LogP contribution in [0.3, 0.4) is 0 Å². The average Bonchev–Trinajstić information content (AvgIpc) is 3.79. The number of anilines is 2. The number of hydrogen-bond acceptors (Lipinski definition) is 11. The summed E-state index contributed by atoms with van der Waals surface area (Å²) in [7, 11) is 1.60. The zero-order valence-corrected chi connectivity index (χ0v) is 41.5. The van der Waals surface area contributed by atoms with Crippen molar-refractivity contribution in [1.29, 1.82) is 5.41 Å². The van der Waals surface area contributed by atoms with Crippen molar-refractivity contribution in [2.24, 2.45) is 17.4 Å². The summed E-state index contributed by atoms with van der Waals surface area (Å²) in [6.45, 7) is 4.69. The third-order valence-electron chi connectivity index (χ3n) is 13.5. The molecule has 2 fully saturated rings. The van der Waals surface area contributed by atoms with Crippen molar-refractivity contribution in [3.63, 3.8) is 0 Å². The number of nitrogens with zero attached hydrogens (tertiary/aromatic N) is 1. The van der Waals surface area contributed by atoms with Gasteiger partial charge in [0, 0.05) is 78.5 Å². The summed E-state index contributed by atoms with van der Waals surface area (Å²) in [5.41, 5.74) is 17.1. The fraction of sp³-hybridized carbons (Fsp3) is 0.407. The Hall–Kier alpha value is -7.64. The summed E-state index contributed by atoms with van der Waals surface area (Å²) < 4.78 is 11.1. The third-order valence-corrected chi connectivity index (χ3v) is 13.5. The van der Waals surface area contributed by atoms with Crippen LogP contribution in [0.25, 0.3) is 22.0 Å². The first kappa shape index (κ1) is 53.2. The number of rotatable bonds is 22. The Morgan fingerprint density at radius 2 is 1.53 bits per heavy atom. The van der Waals surface area contributed by atoms with Crippen LogP contribution in [0.2, 0.25) is 0 Å². The molecule has 1 saturated carbocycles. The zero-order valence-electron chi connectivity index (χ0n) is 41.5. The minimum atomic E-state index is -1.27. The van der Waals surface area contributed by atoms with Crippen molar-refractivity contribution in [2.45, 2.75) is 94.9 Å². The highest BCUT2D eigenvalue weighted by Gasteiger charge is 2.34. The maximum absolute atomic E-state index is 14.8. The van der Waals surface area contributed by atoms with E-state index in [0.29, 0.717) is 73.4 Å². The smallest absolute Gasteiger partial charge is 0.246 e. The van der Waals surface area contributed by atoms with Gasteiger partial charge in [0.1, 0.15) is 35.7 Å². The van der Waals surface area contributed by atoms with Crippen LogP contribution in [0.5, 0.6) is 11.5 Å². The van der Waals surface area contributed by atoms with Crippen LogP contribution in [0.1, 0.15) is 63.0 Å². The summed E-state index contributed by atoms with van der Waals surface area (Å²) in [5.74, 6) is -2.66. The van der Waals surface area contributed by atoms with E-state index >= 15 is 0 Å². The van der Waals surface area contributed by atoms with Crippen molar-refractivity contribution in [1.82, 2.24) is 31.6 Å². The second kappa shape index (κ2) is 25.7. The summed E-state index contributed by atoms with van der Waals surface area (Å²) >= 11 is 0. The predicted octanol–water partition coefficient (Wildman–Crippen LogP) is 3.94. The minimum absolute atomic E-state index is 0.0110. The lowest BCUT2D eigenvalue weighted by atomic mass is 9.85. The SMILES string of the molecule is COc1ccccc1-c1ccc(CC(NC(=O)C(Cc2c[nH]c3ccc(O)cc23)NC(=O)C2CCCC(N)C2)C(=O)NC(CCCCNC(=N)N)C(=O)NC(C)C(=O)Nc2ccc(N3CCOCC3)cc2)cc1. The minimum Gasteiger partial charge on any atom is -0.508 e. The number of morpholine rings is 1. The first-order valence-corrected chi connectivity index (χ1v) is 25.0. The number of aromatic amines is 1. The van der Waals surface area contributed by atoms with Gasteiger partial charge in [-0.25, -0.2) is 0 Å². The van der Waals surface area contributed by atoms with E-state index < -0.39 is 53.7 Å². The van der Waals surface area contributed by atoms with Gasteiger partial charge >= 0.3 is 0 Å². The van der Waals surface area contributed by atoms with Crippen LogP contribution >= 0.6 is 0 Å². The number of nitrogens with two attached hydrogens (primary N) is 2. The molecule has 0 spiro atoms. The highest BCUT2D eigenvalue weighted by Crippen LogP contribution is 2.30. The fourth-order valence-electron chi connectivity index (χ4n) is 9.39. The highest BCUT2D eigenvalue weighted by atomic mass is 16.5. The summed E-state index contributed by atoms with van der Waals surface area (Å²) in [6, 6.07) is 22.6. The van der Waals surface area contributed by atoms with E-state index in [2.05, 4.69) is 41.8 Å². The topological polar surface area (TPSA) is 291 Å². The van der Waals surface area contributed by atoms with Crippen LogP contribution in [0, 0.1) is 11.3 Å². The second-order valence-electron chi connectivity index (χ2n) is 18.9. The lowest BCUT2D eigenvalue weighted by Crippen LogP contribution is -2.59. The standard InChI is InChI=1S/C54H69N11O8/c1-33(49(67)61-39-17-19-40(20-18-39)65-24-26-73-27-25-65)60-51(69)45(11-5-6-23-58-54(56)57)62-52(70)46(28-34-13-15-35(16-14-34)42-10-3-4-12-48(42)72-2)64-53(71)47(63-50(68)36-8-7-9-38(55)29-36)30-37-32-59-44-22-21-41(66)31-43(37)44/h3-4,10,12-22,31-33,36,38,45-47,59,66H,5-9,11,23-30,55H2,1-2H3,(H,60,69)(H,61,67)(H,62,70)(H,63,68)(H,64,71)(H4,56,57,58). The number of nitrogens with one attached hydrogen (secondary N) is 8. The monoisotopic (exact) mass is 1000 g/mol. The van der Waals surface area contributed by atoms with Gasteiger partial charge < -0.3 is 67.8 Å². The van der Waals surface area contributed by atoms with Gasteiger partial charge in [-0.2, -0.15) is 0 Å². The van der Waals surface area contributed by atoms with Gasteiger partial charge in [-0.3, -0.25) is 29.4 Å². The number of phenolic OH excluding ortho intramolecular Hbond substituents is 1. The van der Waals surface area contributed by atoms with Gasteiger partial charge in [0.25, 0.3) is 0 Å². The molecule has 5 amide bonds. The number of phenols is 1. The molecular formula is C54H69N11O8. The Morgan fingerprint density at radius 3 is 2.25 bits per heavy atom. The zero-order chi connectivity index (χ0) is 51.9. The normalized spacial score (nSPS) is 17.3. The number of methoxy groups -OCH3 is 1. The molecule has 2 heterocycles. The van der Waals surface area contributed by atoms with E-state index in [4.69, 9.17) is 26.4 Å². The van der Waals surface area contributed by atoms with Crippen LogP contribution < -0.4 is 53.0 Å². The molecule has 19 nitrogen and oxygen atoms in total. The van der Waals surface area contributed by atoms with Crippen LogP contribution in [0.15, 0.2) is 97.2 Å². The molecule has 6 atom stereocenters. The van der Waals surface area contributed by atoms with Crippen molar-refractivity contribution in [3.8, 4) is 22.6 Å². The Bertz CT molecular complexity index is 2690. The number of aromatic hydroxyl groups is 1. The number of para-hydroxylation sites is 1. The number of unbranched alkanes of at least 4 members (excludes halogenated alkanes) is 1. The van der Waals surface area contributed by atoms with Crippen LogP contribution in [-0.2, 0) is 41.6 Å². The molecule has 5 aromatic rings. The summed E-state index contributed by atoms with van der Waals surface area (Å²) in [4.78, 5) is 76.6. The molecule has 388 valence electrons. The summed E-state index contributed by atoms with van der Waals surface area (Å²) in [6.07, 6.45) is 5.41. The number of hydrogen-bond donors (Lipinski definition) is 11. The predicted molar refractivity (Wildman–Crippen MR) is 281 cm³/mol. The first-order valence-electron chi connectivity index (χ1n) is 25.0. The van der Waals surface area contributed by atoms with Crippen molar-refractivity contribution in [2.75, 3.05) is 50.2 Å². The Labute approximate surface area is 425 Å². The van der Waals surface area contributed by atoms with Gasteiger partial charge in [-0.15, -0.1) is 0 Å². The molecule has 2 aliphatic rings. The van der Waals surface area contributed by atoms with Gasteiger partial charge in [-0.1, -0.05) is 48.9 Å². The average molecular weight is 1000 g/mol. The van der Waals surface area contributed by atoms with Crippen LogP contribution in [0.4, 0.5) is 11.4 Å². The van der Waals surface area contributed by atoms with Crippen molar-refractivity contribution in [3.05, 3.63) is 108 Å². The fourth-order valence-corrected chi connectivity index (χ4v) is 9.39. The number of aromatic nitrogens is 1. The number of guanidine groups is 1. The maximum Gasteiger partial charge on any atom is 0.246 e. The number of ether oxygens (including phenoxy) is 2. The number of carbonyl (C=O) groups is 5.